The summed E-state index contributed by atoms with van der Waals surface area (Å²) in [5.74, 6) is -0.0651. The Bertz CT molecular complexity index is 474. The van der Waals surface area contributed by atoms with Gasteiger partial charge in [0.25, 0.3) is 5.91 Å². The third-order valence-corrected chi connectivity index (χ3v) is 2.35. The van der Waals surface area contributed by atoms with Crippen molar-refractivity contribution in [2.75, 3.05) is 6.54 Å². The van der Waals surface area contributed by atoms with Gasteiger partial charge in [-0.05, 0) is 24.6 Å². The molecular weight excluding hydrogens is 200 g/mol. The van der Waals surface area contributed by atoms with Crippen LogP contribution >= 0.6 is 0 Å². The number of nitrogens with one attached hydrogen (secondary N) is 2. The molecular formula is C13H14N2O. The Morgan fingerprint density at radius 2 is 1.94 bits per heavy atom. The molecule has 0 bridgehead atoms. The number of amides is 1. The van der Waals surface area contributed by atoms with E-state index in [-0.39, 0.29) is 5.91 Å². The fourth-order valence-corrected chi connectivity index (χ4v) is 1.57. The van der Waals surface area contributed by atoms with E-state index in [1.165, 1.54) is 0 Å². The average molecular weight is 214 g/mol. The largest absolute Gasteiger partial charge is 0.351 e. The molecule has 0 unspecified atom stereocenters. The predicted molar refractivity (Wildman–Crippen MR) is 64.2 cm³/mol. The van der Waals surface area contributed by atoms with E-state index in [1.54, 1.807) is 6.07 Å². The number of aromatic nitrogens is 1. The number of rotatable bonds is 3. The first-order valence-electron chi connectivity index (χ1n) is 5.34. The average Bonchev–Trinajstić information content (AvgIpc) is 2.80. The topological polar surface area (TPSA) is 44.9 Å². The van der Waals surface area contributed by atoms with Crippen molar-refractivity contribution < 1.29 is 4.79 Å². The van der Waals surface area contributed by atoms with E-state index < -0.39 is 0 Å². The third-order valence-electron chi connectivity index (χ3n) is 2.35. The second-order valence-electron chi connectivity index (χ2n) is 3.51. The summed E-state index contributed by atoms with van der Waals surface area (Å²) in [5, 5.41) is 2.76. The maximum Gasteiger partial charge on any atom is 0.267 e. The molecule has 0 aliphatic heterocycles. The highest BCUT2D eigenvalue weighted by Crippen LogP contribution is 2.17. The fourth-order valence-electron chi connectivity index (χ4n) is 1.57. The highest BCUT2D eigenvalue weighted by molar-refractivity contribution is 5.93. The fraction of sp³-hybridized carbons (Fsp3) is 0.154. The quantitative estimate of drug-likeness (QED) is 0.809. The molecule has 1 amide bonds. The van der Waals surface area contributed by atoms with Crippen LogP contribution in [0, 0.1) is 0 Å². The van der Waals surface area contributed by atoms with Crippen molar-refractivity contribution in [3.8, 4) is 11.3 Å². The Morgan fingerprint density at radius 1 is 1.19 bits per heavy atom. The molecule has 16 heavy (non-hydrogen) atoms. The Kier molecular flexibility index (Phi) is 3.05. The summed E-state index contributed by atoms with van der Waals surface area (Å²) in [7, 11) is 0. The highest BCUT2D eigenvalue weighted by atomic mass is 16.1. The lowest BCUT2D eigenvalue weighted by atomic mass is 10.2. The Labute approximate surface area is 94.5 Å². The third kappa shape index (κ3) is 2.14. The number of carbonyl (C=O) groups excluding carboxylic acids is 1. The summed E-state index contributed by atoms with van der Waals surface area (Å²) in [6.45, 7) is 2.54. The molecule has 1 aromatic carbocycles. The minimum atomic E-state index is -0.0651. The van der Waals surface area contributed by atoms with Crippen LogP contribution in [0.5, 0.6) is 0 Å². The van der Waals surface area contributed by atoms with Crippen LogP contribution in [0.15, 0.2) is 42.5 Å². The van der Waals surface area contributed by atoms with E-state index in [0.29, 0.717) is 12.2 Å². The first-order chi connectivity index (χ1) is 7.81. The molecule has 2 N–H and O–H groups in total. The molecule has 3 nitrogen and oxygen atoms in total. The number of hydrogen-bond donors (Lipinski definition) is 2. The standard InChI is InChI=1S/C13H14N2O/c1-2-14-13(16)12-9-8-11(15-12)10-6-4-3-5-7-10/h3-9,15H,2H2,1H3,(H,14,16). The van der Waals surface area contributed by atoms with E-state index in [4.69, 9.17) is 0 Å². The first-order valence-corrected chi connectivity index (χ1v) is 5.34. The van der Waals surface area contributed by atoms with Gasteiger partial charge in [-0.1, -0.05) is 30.3 Å². The molecule has 2 rings (SSSR count). The van der Waals surface area contributed by atoms with Gasteiger partial charge in [0.05, 0.1) is 0 Å². The summed E-state index contributed by atoms with van der Waals surface area (Å²) in [6, 6.07) is 13.6. The van der Waals surface area contributed by atoms with Gasteiger partial charge in [0, 0.05) is 12.2 Å². The first kappa shape index (κ1) is 10.5. The van der Waals surface area contributed by atoms with Crippen molar-refractivity contribution in [1.29, 1.82) is 0 Å². The van der Waals surface area contributed by atoms with Gasteiger partial charge in [0.15, 0.2) is 0 Å². The molecule has 2 aromatic rings. The van der Waals surface area contributed by atoms with Crippen molar-refractivity contribution in [1.82, 2.24) is 10.3 Å². The zero-order chi connectivity index (χ0) is 11.4. The van der Waals surface area contributed by atoms with Crippen LogP contribution in [-0.4, -0.2) is 17.4 Å². The number of hydrogen-bond acceptors (Lipinski definition) is 1. The summed E-state index contributed by atoms with van der Waals surface area (Å²) in [4.78, 5) is 14.6. The Morgan fingerprint density at radius 3 is 2.62 bits per heavy atom. The molecule has 0 radical (unpaired) electrons. The Balaban J connectivity index is 2.23. The molecule has 0 aliphatic carbocycles. The summed E-state index contributed by atoms with van der Waals surface area (Å²) < 4.78 is 0. The predicted octanol–water partition coefficient (Wildman–Crippen LogP) is 2.43. The van der Waals surface area contributed by atoms with Crippen molar-refractivity contribution >= 4 is 5.91 Å². The lowest BCUT2D eigenvalue weighted by Gasteiger charge is -1.99. The maximum atomic E-state index is 11.5. The van der Waals surface area contributed by atoms with E-state index in [0.717, 1.165) is 11.3 Å². The van der Waals surface area contributed by atoms with Crippen LogP contribution in [0.1, 0.15) is 17.4 Å². The van der Waals surface area contributed by atoms with Crippen LogP contribution in [0.3, 0.4) is 0 Å². The van der Waals surface area contributed by atoms with E-state index in [1.807, 2.05) is 43.3 Å². The summed E-state index contributed by atoms with van der Waals surface area (Å²) >= 11 is 0. The molecule has 0 aliphatic rings. The van der Waals surface area contributed by atoms with Gasteiger partial charge in [-0.3, -0.25) is 4.79 Å². The summed E-state index contributed by atoms with van der Waals surface area (Å²) in [6.07, 6.45) is 0. The van der Waals surface area contributed by atoms with Crippen LogP contribution < -0.4 is 5.32 Å². The Hall–Kier alpha value is -2.03. The smallest absolute Gasteiger partial charge is 0.267 e. The minimum Gasteiger partial charge on any atom is -0.351 e. The van der Waals surface area contributed by atoms with Crippen molar-refractivity contribution in [2.45, 2.75) is 6.92 Å². The van der Waals surface area contributed by atoms with Gasteiger partial charge in [0.1, 0.15) is 5.69 Å². The van der Waals surface area contributed by atoms with Gasteiger partial charge in [-0.15, -0.1) is 0 Å². The number of carbonyl (C=O) groups is 1. The van der Waals surface area contributed by atoms with E-state index in [9.17, 15) is 4.79 Å². The monoisotopic (exact) mass is 214 g/mol. The van der Waals surface area contributed by atoms with Gasteiger partial charge in [-0.25, -0.2) is 0 Å². The zero-order valence-corrected chi connectivity index (χ0v) is 9.16. The lowest BCUT2D eigenvalue weighted by molar-refractivity contribution is 0.0951. The van der Waals surface area contributed by atoms with Crippen LogP contribution in [0.4, 0.5) is 0 Å². The van der Waals surface area contributed by atoms with Crippen LogP contribution in [0.25, 0.3) is 11.3 Å². The van der Waals surface area contributed by atoms with Gasteiger partial charge in [0.2, 0.25) is 0 Å². The molecule has 0 fully saturated rings. The highest BCUT2D eigenvalue weighted by Gasteiger charge is 2.07. The van der Waals surface area contributed by atoms with Gasteiger partial charge >= 0.3 is 0 Å². The molecule has 0 atom stereocenters. The normalized spacial score (nSPS) is 10.1. The van der Waals surface area contributed by atoms with Gasteiger partial charge < -0.3 is 10.3 Å². The van der Waals surface area contributed by atoms with Crippen molar-refractivity contribution in [3.05, 3.63) is 48.2 Å². The van der Waals surface area contributed by atoms with Gasteiger partial charge in [-0.2, -0.15) is 0 Å². The zero-order valence-electron chi connectivity index (χ0n) is 9.16. The molecule has 1 aromatic heterocycles. The molecule has 0 saturated heterocycles. The number of aromatic amines is 1. The maximum absolute atomic E-state index is 11.5. The number of H-pyrrole nitrogens is 1. The van der Waals surface area contributed by atoms with Crippen molar-refractivity contribution in [2.24, 2.45) is 0 Å². The lowest BCUT2D eigenvalue weighted by Crippen LogP contribution is -2.22. The molecule has 0 spiro atoms. The number of benzene rings is 1. The van der Waals surface area contributed by atoms with E-state index in [2.05, 4.69) is 10.3 Å². The molecule has 3 heteroatoms. The minimum absolute atomic E-state index is 0.0651. The second-order valence-corrected chi connectivity index (χ2v) is 3.51. The molecule has 1 heterocycles. The van der Waals surface area contributed by atoms with E-state index >= 15 is 0 Å². The SMILES string of the molecule is CCNC(=O)c1ccc(-c2ccccc2)[nH]1. The molecule has 0 saturated carbocycles. The molecule has 82 valence electrons. The van der Waals surface area contributed by atoms with Crippen LogP contribution in [-0.2, 0) is 0 Å². The van der Waals surface area contributed by atoms with Crippen molar-refractivity contribution in [3.63, 3.8) is 0 Å². The summed E-state index contributed by atoms with van der Waals surface area (Å²) in [5.41, 5.74) is 2.64. The second kappa shape index (κ2) is 4.66. The van der Waals surface area contributed by atoms with Crippen LogP contribution in [0.2, 0.25) is 0 Å².